The maximum Gasteiger partial charge on any atom is 0.338 e. The molecule has 176 valence electrons. The Kier molecular flexibility index (Phi) is 7.92. The van der Waals surface area contributed by atoms with E-state index in [1.165, 1.54) is 34.6 Å². The summed E-state index contributed by atoms with van der Waals surface area (Å²) in [7, 11) is -3.96. The van der Waals surface area contributed by atoms with Crippen LogP contribution in [0.2, 0.25) is 0 Å². The lowest BCUT2D eigenvalue weighted by Gasteiger charge is -2.31. The number of likely N-dealkylation sites (tertiary alicyclic amines) is 1. The van der Waals surface area contributed by atoms with E-state index in [0.29, 0.717) is 24.7 Å². The molecule has 1 aliphatic heterocycles. The van der Waals surface area contributed by atoms with Gasteiger partial charge in [-0.25, -0.2) is 13.2 Å². The molecule has 0 unspecified atom stereocenters. The smallest absolute Gasteiger partial charge is 0.338 e. The fourth-order valence-corrected chi connectivity index (χ4v) is 5.21. The molecule has 3 rings (SSSR count). The number of anilines is 1. The number of benzene rings is 2. The third-order valence-electron chi connectivity index (χ3n) is 5.72. The molecule has 8 heteroatoms. The molecule has 2 aromatic carbocycles. The topological polar surface area (TPSA) is 84.0 Å². The second kappa shape index (κ2) is 10.7. The number of ether oxygens (including phenoxy) is 1. The molecule has 0 aliphatic carbocycles. The molecule has 2 aromatic rings. The molecule has 1 amide bonds. The minimum absolute atomic E-state index is 0.0494. The molecule has 33 heavy (non-hydrogen) atoms. The lowest BCUT2D eigenvalue weighted by molar-refractivity contribution is -0.141. The third kappa shape index (κ3) is 5.82. The first-order valence-corrected chi connectivity index (χ1v) is 12.5. The summed E-state index contributed by atoms with van der Waals surface area (Å²) in [6.07, 6.45) is 2.40. The molecular formula is C25H30N2O5S. The average Bonchev–Trinajstić information content (AvgIpc) is 2.83. The lowest BCUT2D eigenvalue weighted by atomic mass is 9.99. The second-order valence-electron chi connectivity index (χ2n) is 8.24. The number of rotatable bonds is 8. The number of nitrogens with zero attached hydrogens (tertiary/aromatic N) is 2. The van der Waals surface area contributed by atoms with E-state index in [-0.39, 0.29) is 22.9 Å². The van der Waals surface area contributed by atoms with Crippen LogP contribution in [-0.2, 0) is 19.6 Å². The van der Waals surface area contributed by atoms with Crippen molar-refractivity contribution in [1.82, 2.24) is 4.90 Å². The van der Waals surface area contributed by atoms with E-state index >= 15 is 0 Å². The summed E-state index contributed by atoms with van der Waals surface area (Å²) < 4.78 is 33.3. The number of carbonyl (C=O) groups excluding carboxylic acids is 2. The summed E-state index contributed by atoms with van der Waals surface area (Å²) in [5.74, 6) is -0.401. The van der Waals surface area contributed by atoms with Crippen molar-refractivity contribution in [2.75, 3.05) is 23.9 Å². The highest BCUT2D eigenvalue weighted by Crippen LogP contribution is 2.24. The number of piperidine rings is 1. The standard InChI is InChI=1S/C25H30N2O5S/c1-4-15-27(22-10-6-5-7-11-22)33(30,31)23-12-8-9-21(18-23)25(29)32-20(3)24(28)26-16-13-19(2)14-17-26/h4-12,18-20H,1,13-17H2,2-3H3/t20-/m0/s1. The van der Waals surface area contributed by atoms with Crippen LogP contribution in [0.3, 0.4) is 0 Å². The van der Waals surface area contributed by atoms with Gasteiger partial charge in [0, 0.05) is 13.1 Å². The molecule has 1 fully saturated rings. The van der Waals surface area contributed by atoms with Crippen molar-refractivity contribution in [3.05, 3.63) is 72.8 Å². The predicted octanol–water partition coefficient (Wildman–Crippen LogP) is 3.87. The fourth-order valence-electron chi connectivity index (χ4n) is 3.73. The van der Waals surface area contributed by atoms with Crippen molar-refractivity contribution < 1.29 is 22.7 Å². The average molecular weight is 471 g/mol. The highest BCUT2D eigenvalue weighted by molar-refractivity contribution is 7.92. The zero-order valence-corrected chi connectivity index (χ0v) is 19.8. The Labute approximate surface area is 195 Å². The molecule has 0 radical (unpaired) electrons. The molecule has 1 atom stereocenters. The Bertz CT molecular complexity index is 1090. The lowest BCUT2D eigenvalue weighted by Crippen LogP contribution is -2.44. The van der Waals surface area contributed by atoms with E-state index in [1.54, 1.807) is 42.2 Å². The Morgan fingerprint density at radius 1 is 1.15 bits per heavy atom. The van der Waals surface area contributed by atoms with Crippen LogP contribution in [0.1, 0.15) is 37.0 Å². The van der Waals surface area contributed by atoms with Gasteiger partial charge in [0.25, 0.3) is 15.9 Å². The van der Waals surface area contributed by atoms with Crippen LogP contribution >= 0.6 is 0 Å². The second-order valence-corrected chi connectivity index (χ2v) is 10.1. The van der Waals surface area contributed by atoms with E-state index in [2.05, 4.69) is 13.5 Å². The van der Waals surface area contributed by atoms with Crippen molar-refractivity contribution in [3.8, 4) is 0 Å². The van der Waals surface area contributed by atoms with Crippen LogP contribution in [0.5, 0.6) is 0 Å². The van der Waals surface area contributed by atoms with E-state index in [4.69, 9.17) is 4.74 Å². The van der Waals surface area contributed by atoms with Crippen molar-refractivity contribution in [2.45, 2.75) is 37.7 Å². The number of hydrogen-bond donors (Lipinski definition) is 0. The Balaban J connectivity index is 1.77. The molecule has 0 saturated carbocycles. The first-order valence-electron chi connectivity index (χ1n) is 11.0. The molecular weight excluding hydrogens is 440 g/mol. The molecule has 7 nitrogen and oxygen atoms in total. The highest BCUT2D eigenvalue weighted by atomic mass is 32.2. The normalized spacial score (nSPS) is 15.5. The minimum atomic E-state index is -3.96. The van der Waals surface area contributed by atoms with E-state index < -0.39 is 22.1 Å². The molecule has 0 bridgehead atoms. The van der Waals surface area contributed by atoms with Gasteiger partial charge in [0.15, 0.2) is 6.10 Å². The third-order valence-corrected chi connectivity index (χ3v) is 7.51. The van der Waals surface area contributed by atoms with Crippen LogP contribution < -0.4 is 4.31 Å². The molecule has 0 N–H and O–H groups in total. The van der Waals surface area contributed by atoms with Crippen LogP contribution in [0, 0.1) is 5.92 Å². The monoisotopic (exact) mass is 470 g/mol. The SMILES string of the molecule is C=CCN(c1ccccc1)S(=O)(=O)c1cccc(C(=O)O[C@@H](C)C(=O)N2CCC(C)CC2)c1. The van der Waals surface area contributed by atoms with Crippen LogP contribution in [-0.4, -0.2) is 50.9 Å². The number of sulfonamides is 1. The number of amides is 1. The van der Waals surface area contributed by atoms with Gasteiger partial charge in [0.2, 0.25) is 0 Å². The Morgan fingerprint density at radius 2 is 1.82 bits per heavy atom. The van der Waals surface area contributed by atoms with Gasteiger partial charge in [-0.05, 0) is 56.0 Å². The van der Waals surface area contributed by atoms with Crippen molar-refractivity contribution >= 4 is 27.6 Å². The Hall–Kier alpha value is -3.13. The van der Waals surface area contributed by atoms with Gasteiger partial charge in [0.05, 0.1) is 22.7 Å². The minimum Gasteiger partial charge on any atom is -0.449 e. The molecule has 1 aliphatic rings. The van der Waals surface area contributed by atoms with Gasteiger partial charge in [-0.3, -0.25) is 9.10 Å². The molecule has 1 heterocycles. The summed E-state index contributed by atoms with van der Waals surface area (Å²) in [5, 5.41) is 0. The van der Waals surface area contributed by atoms with Gasteiger partial charge in [-0.1, -0.05) is 37.3 Å². The fraction of sp³-hybridized carbons (Fsp3) is 0.360. The number of carbonyl (C=O) groups is 2. The van der Waals surface area contributed by atoms with Gasteiger partial charge < -0.3 is 9.64 Å². The molecule has 1 saturated heterocycles. The van der Waals surface area contributed by atoms with Crippen LogP contribution in [0.15, 0.2) is 72.1 Å². The first kappa shape index (κ1) is 24.5. The summed E-state index contributed by atoms with van der Waals surface area (Å²) in [5.41, 5.74) is 0.551. The Morgan fingerprint density at radius 3 is 2.45 bits per heavy atom. The van der Waals surface area contributed by atoms with Gasteiger partial charge in [-0.2, -0.15) is 0 Å². The maximum atomic E-state index is 13.3. The molecule has 0 spiro atoms. The number of para-hydroxylation sites is 1. The maximum absolute atomic E-state index is 13.3. The van der Waals surface area contributed by atoms with E-state index in [0.717, 1.165) is 12.8 Å². The summed E-state index contributed by atoms with van der Waals surface area (Å²) in [6.45, 7) is 8.71. The zero-order chi connectivity index (χ0) is 24.0. The van der Waals surface area contributed by atoms with Gasteiger partial charge >= 0.3 is 5.97 Å². The predicted molar refractivity (Wildman–Crippen MR) is 127 cm³/mol. The van der Waals surface area contributed by atoms with Crippen molar-refractivity contribution in [2.24, 2.45) is 5.92 Å². The summed E-state index contributed by atoms with van der Waals surface area (Å²) in [6, 6.07) is 14.3. The van der Waals surface area contributed by atoms with Crippen molar-refractivity contribution in [3.63, 3.8) is 0 Å². The summed E-state index contributed by atoms with van der Waals surface area (Å²) >= 11 is 0. The van der Waals surface area contributed by atoms with E-state index in [9.17, 15) is 18.0 Å². The van der Waals surface area contributed by atoms with E-state index in [1.807, 2.05) is 0 Å². The first-order chi connectivity index (χ1) is 15.7. The van der Waals surface area contributed by atoms with Gasteiger partial charge in [-0.15, -0.1) is 6.58 Å². The quantitative estimate of drug-likeness (QED) is 0.432. The zero-order valence-electron chi connectivity index (χ0n) is 19.0. The largest absolute Gasteiger partial charge is 0.449 e. The molecule has 0 aromatic heterocycles. The van der Waals surface area contributed by atoms with Crippen LogP contribution in [0.25, 0.3) is 0 Å². The number of hydrogen-bond acceptors (Lipinski definition) is 5. The summed E-state index contributed by atoms with van der Waals surface area (Å²) in [4.78, 5) is 27.0. The van der Waals surface area contributed by atoms with Gasteiger partial charge in [0.1, 0.15) is 0 Å². The van der Waals surface area contributed by atoms with Crippen LogP contribution in [0.4, 0.5) is 5.69 Å². The highest BCUT2D eigenvalue weighted by Gasteiger charge is 2.28. The number of esters is 1. The van der Waals surface area contributed by atoms with Crippen molar-refractivity contribution in [1.29, 1.82) is 0 Å².